The summed E-state index contributed by atoms with van der Waals surface area (Å²) in [6.07, 6.45) is -0.104. The van der Waals surface area contributed by atoms with Gasteiger partial charge in [0.25, 0.3) is 11.5 Å². The lowest BCUT2D eigenvalue weighted by Crippen LogP contribution is -2.60. The molecule has 2 aromatic heterocycles. The number of hydrogen-bond acceptors (Lipinski definition) is 7. The van der Waals surface area contributed by atoms with Crippen molar-refractivity contribution in [3.63, 3.8) is 0 Å². The third kappa shape index (κ3) is 5.38. The number of amides is 1. The Morgan fingerprint density at radius 3 is 2.62 bits per heavy atom. The first-order valence-corrected chi connectivity index (χ1v) is 13.5. The van der Waals surface area contributed by atoms with E-state index in [0.29, 0.717) is 27.8 Å². The molecule has 1 saturated carbocycles. The Kier molecular flexibility index (Phi) is 7.03. The number of fused-ring (bicyclic) bond motifs is 1. The van der Waals surface area contributed by atoms with E-state index in [0.717, 1.165) is 31.5 Å². The van der Waals surface area contributed by atoms with Gasteiger partial charge in [0.1, 0.15) is 17.3 Å². The van der Waals surface area contributed by atoms with Crippen molar-refractivity contribution in [3.05, 3.63) is 87.3 Å². The number of halogens is 4. The molecule has 2 aliphatic rings. The van der Waals surface area contributed by atoms with E-state index >= 15 is 0 Å². The number of likely N-dealkylation sites (tertiary alicyclic amines) is 1. The number of anilines is 1. The summed E-state index contributed by atoms with van der Waals surface area (Å²) in [5.74, 6) is -0.711. The number of H-pyrrole nitrogens is 1. The van der Waals surface area contributed by atoms with Crippen LogP contribution >= 0.6 is 0 Å². The van der Waals surface area contributed by atoms with Gasteiger partial charge in [-0.1, -0.05) is 6.07 Å². The van der Waals surface area contributed by atoms with Crippen LogP contribution in [0.4, 0.5) is 23.5 Å². The minimum Gasteiger partial charge on any atom is -0.490 e. The maximum atomic E-state index is 14.8. The van der Waals surface area contributed by atoms with Gasteiger partial charge >= 0.3 is 6.18 Å². The van der Waals surface area contributed by atoms with E-state index in [4.69, 9.17) is 4.74 Å². The van der Waals surface area contributed by atoms with Crippen molar-refractivity contribution in [3.8, 4) is 5.75 Å². The Bertz CT molecular complexity index is 1720. The molecule has 0 radical (unpaired) electrons. The monoisotopic (exact) mass is 582 g/mol. The van der Waals surface area contributed by atoms with Gasteiger partial charge in [0.2, 0.25) is 5.95 Å². The summed E-state index contributed by atoms with van der Waals surface area (Å²) in [6, 6.07) is 9.90. The normalized spacial score (nSPS) is 15.8. The SMILES string of the molecule is CN(c1nccc(C(F)(F)F)n1)C1CN(C(=O)c2cc(Cc3n[nH]c(=O)c4ccc(OC5CCC5)cc34)ccc2F)C1. The van der Waals surface area contributed by atoms with Gasteiger partial charge in [-0.3, -0.25) is 9.59 Å². The molecular formula is C29H26F4N6O3. The molecule has 2 aromatic carbocycles. The number of carbonyl (C=O) groups excluding carboxylic acids is 1. The first-order valence-electron chi connectivity index (χ1n) is 13.5. The van der Waals surface area contributed by atoms with Crippen molar-refractivity contribution >= 4 is 22.6 Å². The molecule has 0 atom stereocenters. The highest BCUT2D eigenvalue weighted by Gasteiger charge is 2.37. The van der Waals surface area contributed by atoms with Crippen LogP contribution in [0.3, 0.4) is 0 Å². The molecule has 1 N–H and O–H groups in total. The first kappa shape index (κ1) is 27.6. The Hall–Kier alpha value is -4.55. The molecule has 4 aromatic rings. The summed E-state index contributed by atoms with van der Waals surface area (Å²) in [4.78, 5) is 36.0. The highest BCUT2D eigenvalue weighted by atomic mass is 19.4. The van der Waals surface area contributed by atoms with Crippen LogP contribution in [-0.4, -0.2) is 63.3 Å². The molecule has 1 amide bonds. The topological polar surface area (TPSA) is 104 Å². The van der Waals surface area contributed by atoms with E-state index in [1.54, 1.807) is 31.3 Å². The van der Waals surface area contributed by atoms with Gasteiger partial charge in [0, 0.05) is 38.1 Å². The van der Waals surface area contributed by atoms with Crippen LogP contribution in [0.1, 0.15) is 46.6 Å². The van der Waals surface area contributed by atoms with Crippen molar-refractivity contribution in [2.75, 3.05) is 25.0 Å². The highest BCUT2D eigenvalue weighted by Crippen LogP contribution is 2.30. The van der Waals surface area contributed by atoms with Gasteiger partial charge in [0.15, 0.2) is 0 Å². The summed E-state index contributed by atoms with van der Waals surface area (Å²) in [5, 5.41) is 7.78. The lowest BCUT2D eigenvalue weighted by Gasteiger charge is -2.44. The van der Waals surface area contributed by atoms with Crippen LogP contribution in [0.25, 0.3) is 10.8 Å². The Morgan fingerprint density at radius 2 is 1.90 bits per heavy atom. The summed E-state index contributed by atoms with van der Waals surface area (Å²) in [5.41, 5.74) is -0.381. The zero-order chi connectivity index (χ0) is 29.6. The smallest absolute Gasteiger partial charge is 0.433 e. The van der Waals surface area contributed by atoms with Gasteiger partial charge in [-0.05, 0) is 61.2 Å². The van der Waals surface area contributed by atoms with Gasteiger partial charge in [-0.2, -0.15) is 18.3 Å². The number of likely N-dealkylation sites (N-methyl/N-ethyl adjacent to an activating group) is 1. The van der Waals surface area contributed by atoms with E-state index in [9.17, 15) is 27.2 Å². The van der Waals surface area contributed by atoms with Gasteiger partial charge in [-0.15, -0.1) is 0 Å². The van der Waals surface area contributed by atoms with Crippen LogP contribution in [0.5, 0.6) is 5.75 Å². The highest BCUT2D eigenvalue weighted by molar-refractivity contribution is 5.95. The number of hydrogen-bond donors (Lipinski definition) is 1. The zero-order valence-corrected chi connectivity index (χ0v) is 22.5. The molecule has 218 valence electrons. The maximum absolute atomic E-state index is 14.8. The molecule has 3 heterocycles. The summed E-state index contributed by atoms with van der Waals surface area (Å²) >= 11 is 0. The average Bonchev–Trinajstić information content (AvgIpc) is 2.92. The fourth-order valence-electron chi connectivity index (χ4n) is 5.00. The lowest BCUT2D eigenvalue weighted by atomic mass is 9.96. The molecule has 1 saturated heterocycles. The van der Waals surface area contributed by atoms with Gasteiger partial charge in [-0.25, -0.2) is 19.5 Å². The van der Waals surface area contributed by atoms with Gasteiger partial charge < -0.3 is 14.5 Å². The molecule has 9 nitrogen and oxygen atoms in total. The van der Waals surface area contributed by atoms with Crippen LogP contribution in [-0.2, 0) is 12.6 Å². The number of alkyl halides is 3. The van der Waals surface area contributed by atoms with Crippen LogP contribution in [0.2, 0.25) is 0 Å². The van der Waals surface area contributed by atoms with E-state index in [1.807, 2.05) is 0 Å². The van der Waals surface area contributed by atoms with E-state index in [2.05, 4.69) is 20.2 Å². The number of aromatic amines is 1. The van der Waals surface area contributed by atoms with Crippen LogP contribution in [0, 0.1) is 5.82 Å². The van der Waals surface area contributed by atoms with E-state index in [-0.39, 0.29) is 48.7 Å². The molecule has 13 heteroatoms. The fourth-order valence-corrected chi connectivity index (χ4v) is 5.00. The molecular weight excluding hydrogens is 556 g/mol. The number of aromatic nitrogens is 4. The van der Waals surface area contributed by atoms with Crippen LogP contribution < -0.4 is 15.2 Å². The minimum atomic E-state index is -4.61. The minimum absolute atomic E-state index is 0.114. The zero-order valence-electron chi connectivity index (χ0n) is 22.5. The second-order valence-electron chi connectivity index (χ2n) is 10.6. The predicted octanol–water partition coefficient (Wildman–Crippen LogP) is 4.35. The molecule has 0 spiro atoms. The quantitative estimate of drug-likeness (QED) is 0.323. The number of rotatable bonds is 7. The number of ether oxygens (including phenoxy) is 1. The fraction of sp³-hybridized carbons (Fsp3) is 0.345. The van der Waals surface area contributed by atoms with Crippen molar-refractivity contribution in [2.24, 2.45) is 0 Å². The summed E-state index contributed by atoms with van der Waals surface area (Å²) in [7, 11) is 1.55. The number of carbonyl (C=O) groups is 1. The molecule has 42 heavy (non-hydrogen) atoms. The number of nitrogens with zero attached hydrogens (tertiary/aromatic N) is 5. The third-order valence-corrected chi connectivity index (χ3v) is 7.77. The average molecular weight is 583 g/mol. The van der Waals surface area contributed by atoms with Crippen molar-refractivity contribution in [1.82, 2.24) is 25.1 Å². The Balaban J connectivity index is 1.17. The Labute approximate surface area is 237 Å². The van der Waals surface area contributed by atoms with Crippen molar-refractivity contribution < 1.29 is 27.1 Å². The number of benzene rings is 2. The molecule has 2 fully saturated rings. The summed E-state index contributed by atoms with van der Waals surface area (Å²) < 4.78 is 59.9. The first-order chi connectivity index (χ1) is 20.1. The predicted molar refractivity (Wildman–Crippen MR) is 145 cm³/mol. The molecule has 6 rings (SSSR count). The summed E-state index contributed by atoms with van der Waals surface area (Å²) in [6.45, 7) is 0.322. The Morgan fingerprint density at radius 1 is 1.12 bits per heavy atom. The van der Waals surface area contributed by atoms with E-state index < -0.39 is 23.6 Å². The molecule has 0 unspecified atom stereocenters. The lowest BCUT2D eigenvalue weighted by molar-refractivity contribution is -0.141. The largest absolute Gasteiger partial charge is 0.490 e. The molecule has 0 bridgehead atoms. The molecule has 1 aliphatic heterocycles. The second kappa shape index (κ2) is 10.7. The van der Waals surface area contributed by atoms with Crippen LogP contribution in [0.15, 0.2) is 53.5 Å². The standard InChI is InChI=1S/C29H26F4N6O3/c1-38(28-34-10-9-25(35-28)29(31,32)33)17-14-39(15-17)27(41)22-11-16(5-8-23(22)30)12-24-21-13-19(42-18-3-2-4-18)6-7-20(21)26(40)37-36-24/h5-11,13,17-18H,2-4,12,14-15H2,1H3,(H,37,40). The van der Waals surface area contributed by atoms with E-state index in [1.165, 1.54) is 21.9 Å². The maximum Gasteiger partial charge on any atom is 0.433 e. The van der Waals surface area contributed by atoms with Gasteiger partial charge in [0.05, 0.1) is 28.8 Å². The second-order valence-corrected chi connectivity index (χ2v) is 10.6. The third-order valence-electron chi connectivity index (χ3n) is 7.77. The van der Waals surface area contributed by atoms with Crippen molar-refractivity contribution in [2.45, 2.75) is 44.0 Å². The van der Waals surface area contributed by atoms with Crippen molar-refractivity contribution in [1.29, 1.82) is 0 Å². The number of nitrogens with one attached hydrogen (secondary N) is 1. The molecule has 1 aliphatic carbocycles.